The molecule has 1 amide bonds. The summed E-state index contributed by atoms with van der Waals surface area (Å²) >= 11 is 1.44. The first kappa shape index (κ1) is 15.4. The first-order valence-electron chi connectivity index (χ1n) is 7.13. The lowest BCUT2D eigenvalue weighted by Gasteiger charge is -2.04. The molecule has 0 N–H and O–H groups in total. The number of benzene rings is 2. The van der Waals surface area contributed by atoms with Gasteiger partial charge >= 0.3 is 0 Å². The van der Waals surface area contributed by atoms with Crippen molar-refractivity contribution in [2.75, 3.05) is 0 Å². The lowest BCUT2D eigenvalue weighted by molar-refractivity contribution is 0.0998. The quantitative estimate of drug-likeness (QED) is 0.702. The molecule has 1 heterocycles. The minimum Gasteiger partial charge on any atom is -0.319 e. The first-order valence-corrected chi connectivity index (χ1v) is 7.94. The molecule has 2 aromatic carbocycles. The lowest BCUT2D eigenvalue weighted by Crippen LogP contribution is -2.14. The third-order valence-corrected chi connectivity index (χ3v) is 4.58. The number of carbonyl (C=O) groups is 1. The van der Waals surface area contributed by atoms with Crippen molar-refractivity contribution < 1.29 is 9.18 Å². The molecule has 0 radical (unpaired) electrons. The van der Waals surface area contributed by atoms with Crippen molar-refractivity contribution in [2.24, 2.45) is 12.0 Å². The minimum atomic E-state index is -0.270. The number of thiazole rings is 1. The molecule has 0 aliphatic heterocycles. The Morgan fingerprint density at radius 1 is 1.09 bits per heavy atom. The van der Waals surface area contributed by atoms with Crippen molar-refractivity contribution in [3.8, 4) is 11.3 Å². The molecule has 0 unspecified atom stereocenters. The van der Waals surface area contributed by atoms with Gasteiger partial charge in [-0.05, 0) is 48.9 Å². The van der Waals surface area contributed by atoms with E-state index in [2.05, 4.69) is 4.99 Å². The zero-order valence-electron chi connectivity index (χ0n) is 12.8. The molecule has 0 aliphatic carbocycles. The maximum Gasteiger partial charge on any atom is 0.279 e. The van der Waals surface area contributed by atoms with Crippen LogP contribution in [0.2, 0.25) is 0 Å². The Balaban J connectivity index is 2.06. The monoisotopic (exact) mass is 326 g/mol. The number of aromatic nitrogens is 1. The van der Waals surface area contributed by atoms with Crippen molar-refractivity contribution in [1.82, 2.24) is 4.57 Å². The van der Waals surface area contributed by atoms with Gasteiger partial charge in [0.1, 0.15) is 5.82 Å². The number of halogens is 1. The number of amides is 1. The number of hydrogen-bond acceptors (Lipinski definition) is 2. The summed E-state index contributed by atoms with van der Waals surface area (Å²) in [4.78, 5) is 18.1. The highest BCUT2D eigenvalue weighted by Gasteiger charge is 2.11. The molecular formula is C18H15FN2OS. The third-order valence-electron chi connectivity index (χ3n) is 3.54. The molecule has 3 nitrogen and oxygen atoms in total. The summed E-state index contributed by atoms with van der Waals surface area (Å²) in [7, 11) is 1.86. The molecule has 23 heavy (non-hydrogen) atoms. The van der Waals surface area contributed by atoms with Crippen LogP contribution in [0.5, 0.6) is 0 Å². The zero-order chi connectivity index (χ0) is 16.4. The van der Waals surface area contributed by atoms with Crippen molar-refractivity contribution in [2.45, 2.75) is 6.92 Å². The van der Waals surface area contributed by atoms with Gasteiger partial charge in [0.05, 0.1) is 5.69 Å². The Kier molecular flexibility index (Phi) is 4.21. The van der Waals surface area contributed by atoms with Gasteiger partial charge in [-0.2, -0.15) is 4.99 Å². The van der Waals surface area contributed by atoms with Crippen molar-refractivity contribution in [1.29, 1.82) is 0 Å². The zero-order valence-corrected chi connectivity index (χ0v) is 13.6. The molecule has 116 valence electrons. The standard InChI is InChI=1S/C18H15FN2OS/c1-12-16(13-8-10-15(19)11-9-13)21(2)18(23-12)20-17(22)14-6-4-3-5-7-14/h3-11H,1-2H3/b20-18-. The third kappa shape index (κ3) is 3.14. The summed E-state index contributed by atoms with van der Waals surface area (Å²) in [5.41, 5.74) is 2.40. The number of nitrogens with zero attached hydrogens (tertiary/aromatic N) is 2. The molecular weight excluding hydrogens is 311 g/mol. The second-order valence-electron chi connectivity index (χ2n) is 5.14. The molecule has 1 aromatic heterocycles. The van der Waals surface area contributed by atoms with Crippen molar-refractivity contribution in [3.05, 3.63) is 75.7 Å². The van der Waals surface area contributed by atoms with E-state index in [1.165, 1.54) is 23.5 Å². The second kappa shape index (κ2) is 6.30. The Labute approximate surface area is 137 Å². The van der Waals surface area contributed by atoms with E-state index in [-0.39, 0.29) is 11.7 Å². The van der Waals surface area contributed by atoms with Gasteiger partial charge < -0.3 is 4.57 Å². The number of aryl methyl sites for hydroxylation is 1. The summed E-state index contributed by atoms with van der Waals surface area (Å²) in [5, 5.41) is 0. The average molecular weight is 326 g/mol. The number of rotatable bonds is 2. The minimum absolute atomic E-state index is 0.270. The number of hydrogen-bond donors (Lipinski definition) is 0. The van der Waals surface area contributed by atoms with Crippen LogP contribution in [0.4, 0.5) is 4.39 Å². The fraction of sp³-hybridized carbons (Fsp3) is 0.111. The molecule has 5 heteroatoms. The van der Waals surface area contributed by atoms with E-state index >= 15 is 0 Å². The van der Waals surface area contributed by atoms with Crippen molar-refractivity contribution >= 4 is 17.2 Å². The normalized spacial score (nSPS) is 11.7. The molecule has 0 bridgehead atoms. The van der Waals surface area contributed by atoms with Gasteiger partial charge in [0, 0.05) is 17.5 Å². The van der Waals surface area contributed by atoms with Gasteiger partial charge in [-0.25, -0.2) is 4.39 Å². The molecule has 0 saturated carbocycles. The second-order valence-corrected chi connectivity index (χ2v) is 6.32. The highest BCUT2D eigenvalue weighted by molar-refractivity contribution is 7.09. The van der Waals surface area contributed by atoms with Crippen LogP contribution < -0.4 is 4.80 Å². The Morgan fingerprint density at radius 2 is 1.74 bits per heavy atom. The van der Waals surface area contributed by atoms with Crippen LogP contribution in [0.3, 0.4) is 0 Å². The smallest absolute Gasteiger partial charge is 0.279 e. The summed E-state index contributed by atoms with van der Waals surface area (Å²) in [6, 6.07) is 15.3. The van der Waals surface area contributed by atoms with E-state index in [1.807, 2.05) is 36.7 Å². The SMILES string of the molecule is Cc1s/c(=N\C(=O)c2ccccc2)n(C)c1-c1ccc(F)cc1. The van der Waals surface area contributed by atoms with Gasteiger partial charge in [-0.15, -0.1) is 11.3 Å². The van der Waals surface area contributed by atoms with Crippen molar-refractivity contribution in [3.63, 3.8) is 0 Å². The van der Waals surface area contributed by atoms with E-state index in [0.29, 0.717) is 10.4 Å². The van der Waals surface area contributed by atoms with E-state index in [0.717, 1.165) is 16.1 Å². The topological polar surface area (TPSA) is 34.4 Å². The van der Waals surface area contributed by atoms with Crippen LogP contribution in [0.25, 0.3) is 11.3 Å². The van der Waals surface area contributed by atoms with Gasteiger partial charge in [-0.1, -0.05) is 18.2 Å². The molecule has 0 fully saturated rings. The highest BCUT2D eigenvalue weighted by Crippen LogP contribution is 2.24. The maximum absolute atomic E-state index is 13.1. The Morgan fingerprint density at radius 3 is 2.39 bits per heavy atom. The summed E-state index contributed by atoms with van der Waals surface area (Å²) in [6.45, 7) is 1.97. The molecule has 0 saturated heterocycles. The van der Waals surface area contributed by atoms with Crippen LogP contribution in [0.15, 0.2) is 59.6 Å². The molecule has 3 aromatic rings. The first-order chi connectivity index (χ1) is 11.1. The fourth-order valence-corrected chi connectivity index (χ4v) is 3.40. The van der Waals surface area contributed by atoms with Crippen LogP contribution in [0, 0.1) is 12.7 Å². The van der Waals surface area contributed by atoms with Crippen LogP contribution in [-0.4, -0.2) is 10.5 Å². The van der Waals surface area contributed by atoms with Gasteiger partial charge in [0.2, 0.25) is 0 Å². The molecule has 0 aliphatic rings. The Bertz CT molecular complexity index is 908. The van der Waals surface area contributed by atoms with E-state index < -0.39 is 0 Å². The predicted molar refractivity (Wildman–Crippen MR) is 89.8 cm³/mol. The number of carbonyl (C=O) groups excluding carboxylic acids is 1. The van der Waals surface area contributed by atoms with Gasteiger partial charge in [0.15, 0.2) is 4.80 Å². The van der Waals surface area contributed by atoms with Gasteiger partial charge in [-0.3, -0.25) is 4.79 Å². The summed E-state index contributed by atoms with van der Waals surface area (Å²) < 4.78 is 15.0. The predicted octanol–water partition coefficient (Wildman–Crippen LogP) is 3.94. The molecule has 0 atom stereocenters. The summed E-state index contributed by atoms with van der Waals surface area (Å²) in [5.74, 6) is -0.540. The van der Waals surface area contributed by atoms with E-state index in [9.17, 15) is 9.18 Å². The molecule has 0 spiro atoms. The van der Waals surface area contributed by atoms with Crippen LogP contribution >= 0.6 is 11.3 Å². The fourth-order valence-electron chi connectivity index (χ4n) is 2.42. The van der Waals surface area contributed by atoms with Gasteiger partial charge in [0.25, 0.3) is 5.91 Å². The van der Waals surface area contributed by atoms with Crippen LogP contribution in [0.1, 0.15) is 15.2 Å². The molecule has 3 rings (SSSR count). The lowest BCUT2D eigenvalue weighted by atomic mass is 10.1. The Hall–Kier alpha value is -2.53. The average Bonchev–Trinajstić information content (AvgIpc) is 2.83. The summed E-state index contributed by atoms with van der Waals surface area (Å²) in [6.07, 6.45) is 0. The maximum atomic E-state index is 13.1. The van der Waals surface area contributed by atoms with E-state index in [4.69, 9.17) is 0 Å². The highest BCUT2D eigenvalue weighted by atomic mass is 32.1. The van der Waals surface area contributed by atoms with Crippen LogP contribution in [-0.2, 0) is 7.05 Å². The van der Waals surface area contributed by atoms with E-state index in [1.54, 1.807) is 24.3 Å². The largest absolute Gasteiger partial charge is 0.319 e.